The Kier molecular flexibility index (Phi) is 4.83. The minimum absolute atomic E-state index is 0.383. The largest absolute Gasteiger partial charge is 0.481 e. The molecule has 6 heteroatoms. The molecule has 1 saturated heterocycles. The first-order valence-electron chi connectivity index (χ1n) is 14.9. The Morgan fingerprint density at radius 2 is 0.907 bits per heavy atom. The maximum atomic E-state index is 15.9. The molecule has 6 nitrogen and oxygen atoms in total. The Morgan fingerprint density at radius 3 is 1.28 bits per heavy atom. The van der Waals surface area contributed by atoms with Crippen molar-refractivity contribution in [3.63, 3.8) is 0 Å². The fraction of sp³-hybridized carbons (Fsp3) is 0.243. The molecule has 4 bridgehead atoms. The van der Waals surface area contributed by atoms with Crippen LogP contribution in [0.5, 0.6) is 0 Å². The third kappa shape index (κ3) is 2.65. The van der Waals surface area contributed by atoms with Gasteiger partial charge in [-0.25, -0.2) is 0 Å². The maximum absolute atomic E-state index is 15.9. The van der Waals surface area contributed by atoms with E-state index >= 15 is 5.21 Å². The van der Waals surface area contributed by atoms with Gasteiger partial charge in [0.25, 0.3) is 0 Å². The van der Waals surface area contributed by atoms with Crippen molar-refractivity contribution in [2.45, 2.75) is 17.5 Å². The molecular weight excluding hydrogens is 538 g/mol. The number of benzene rings is 5. The minimum Gasteiger partial charge on any atom is -0.481 e. The normalized spacial score (nSPS) is 33.6. The Hall–Kier alpha value is -4.52. The number of carboxylic acids is 2. The van der Waals surface area contributed by atoms with Gasteiger partial charge in [0.2, 0.25) is 0 Å². The standard InChI is InChI=1S/C37H28NO5/c39-34(40)28-26-19-27(29(28)35(41)42)33-32(26)36(20-11-3-1-4-12-20)30-24-17-9-7-15-22(24)23-16-8-10-18-25(23)31(30)37(33,38(36)43)21-13-5-2-6-14-21/h1-18,26-29,32-33H,19H2,(H,39,40)(H,41,42)/t26?,27?,28-,29-,32?,33?,36?,37?/m1/s1. The van der Waals surface area contributed by atoms with Crippen LogP contribution in [-0.2, 0) is 25.9 Å². The van der Waals surface area contributed by atoms with Gasteiger partial charge in [0.15, 0.2) is 0 Å². The quantitative estimate of drug-likeness (QED) is 0.244. The van der Waals surface area contributed by atoms with Crippen LogP contribution in [0.1, 0.15) is 28.7 Å². The van der Waals surface area contributed by atoms with E-state index in [4.69, 9.17) is 0 Å². The van der Waals surface area contributed by atoms with Crippen molar-refractivity contribution in [1.29, 1.82) is 0 Å². The molecule has 2 heterocycles. The van der Waals surface area contributed by atoms with E-state index in [-0.39, 0.29) is 11.8 Å². The molecule has 3 fully saturated rings. The highest BCUT2D eigenvalue weighted by molar-refractivity contribution is 6.12. The molecule has 2 saturated carbocycles. The summed E-state index contributed by atoms with van der Waals surface area (Å²) in [4.78, 5) is 25.7. The molecule has 2 N–H and O–H groups in total. The van der Waals surface area contributed by atoms with Crippen LogP contribution in [0.2, 0.25) is 0 Å². The van der Waals surface area contributed by atoms with Crippen LogP contribution in [0.25, 0.3) is 21.5 Å². The molecule has 5 aromatic carbocycles. The monoisotopic (exact) mass is 566 g/mol. The summed E-state index contributed by atoms with van der Waals surface area (Å²) in [6.07, 6.45) is 0.476. The SMILES string of the molecule is [O]N1C2(c3ccccc3)c3c(c4ccccc4c4ccccc34)C1(c1ccccc1)C1C3CC(C12)[C@@H](C(=O)O)[C@@H]3C(=O)O. The molecule has 4 aliphatic rings. The lowest BCUT2D eigenvalue weighted by Crippen LogP contribution is -2.51. The number of hydroxylamine groups is 2. The van der Waals surface area contributed by atoms with Crippen molar-refractivity contribution in [3.05, 3.63) is 131 Å². The van der Waals surface area contributed by atoms with Crippen molar-refractivity contribution in [2.24, 2.45) is 35.5 Å². The molecular formula is C37H28NO5. The number of hydrogen-bond donors (Lipinski definition) is 2. The zero-order chi connectivity index (χ0) is 29.2. The third-order valence-corrected chi connectivity index (χ3v) is 11.5. The second-order valence-corrected chi connectivity index (χ2v) is 12.7. The molecule has 43 heavy (non-hydrogen) atoms. The van der Waals surface area contributed by atoms with Gasteiger partial charge in [0.1, 0.15) is 11.1 Å². The number of rotatable bonds is 4. The lowest BCUT2D eigenvalue weighted by atomic mass is 9.52. The number of fused-ring (bicyclic) bond motifs is 17. The molecule has 6 unspecified atom stereocenters. The average molecular weight is 567 g/mol. The van der Waals surface area contributed by atoms with Crippen LogP contribution in [-0.4, -0.2) is 27.2 Å². The van der Waals surface area contributed by atoms with Crippen LogP contribution in [0.15, 0.2) is 109 Å². The topological polar surface area (TPSA) is 97.7 Å². The first-order chi connectivity index (χ1) is 20.9. The second-order valence-electron chi connectivity index (χ2n) is 12.7. The zero-order valence-corrected chi connectivity index (χ0v) is 23.1. The van der Waals surface area contributed by atoms with Crippen LogP contribution >= 0.6 is 0 Å². The van der Waals surface area contributed by atoms with Gasteiger partial charge in [-0.05, 0) is 73.9 Å². The third-order valence-electron chi connectivity index (χ3n) is 11.5. The lowest BCUT2D eigenvalue weighted by molar-refractivity contribution is -0.246. The van der Waals surface area contributed by atoms with E-state index in [1.54, 1.807) is 0 Å². The number of hydrogen-bond acceptors (Lipinski definition) is 3. The predicted octanol–water partition coefficient (Wildman–Crippen LogP) is 6.44. The summed E-state index contributed by atoms with van der Waals surface area (Å²) in [5, 5.41) is 42.2. The molecule has 1 radical (unpaired) electrons. The molecule has 0 aromatic heterocycles. The van der Waals surface area contributed by atoms with E-state index in [2.05, 4.69) is 24.3 Å². The fourth-order valence-electron chi connectivity index (χ4n) is 10.5. The number of aliphatic carboxylic acids is 2. The molecule has 8 atom stereocenters. The van der Waals surface area contributed by atoms with Gasteiger partial charge in [-0.2, -0.15) is 0 Å². The van der Waals surface area contributed by atoms with Crippen LogP contribution < -0.4 is 0 Å². The second kappa shape index (κ2) is 8.31. The summed E-state index contributed by atoms with van der Waals surface area (Å²) in [5.74, 6) is -5.97. The summed E-state index contributed by atoms with van der Waals surface area (Å²) in [6.45, 7) is 0. The summed E-state index contributed by atoms with van der Waals surface area (Å²) < 4.78 is 0. The fourth-order valence-corrected chi connectivity index (χ4v) is 10.5. The van der Waals surface area contributed by atoms with Gasteiger partial charge >= 0.3 is 11.9 Å². The molecule has 211 valence electrons. The molecule has 0 amide bonds. The molecule has 0 spiro atoms. The van der Waals surface area contributed by atoms with Crippen molar-refractivity contribution in [1.82, 2.24) is 5.06 Å². The highest BCUT2D eigenvalue weighted by Crippen LogP contribution is 2.80. The van der Waals surface area contributed by atoms with Crippen LogP contribution in [0.3, 0.4) is 0 Å². The molecule has 2 aliphatic carbocycles. The number of carboxylic acid groups (broad SMARTS) is 2. The van der Waals surface area contributed by atoms with Crippen LogP contribution in [0.4, 0.5) is 0 Å². The molecule has 9 rings (SSSR count). The van der Waals surface area contributed by atoms with Gasteiger partial charge < -0.3 is 10.2 Å². The van der Waals surface area contributed by atoms with Gasteiger partial charge in [-0.1, -0.05) is 109 Å². The Balaban J connectivity index is 1.53. The van der Waals surface area contributed by atoms with E-state index in [1.807, 2.05) is 84.9 Å². The van der Waals surface area contributed by atoms with Crippen molar-refractivity contribution < 1.29 is 25.0 Å². The minimum atomic E-state index is -1.20. The Labute approximate surface area is 247 Å². The van der Waals surface area contributed by atoms with Crippen molar-refractivity contribution >= 4 is 33.5 Å². The highest BCUT2D eigenvalue weighted by atomic mass is 16.5. The van der Waals surface area contributed by atoms with Crippen molar-refractivity contribution in [3.8, 4) is 0 Å². The molecule has 5 aromatic rings. The lowest BCUT2D eigenvalue weighted by Gasteiger charge is -2.48. The van der Waals surface area contributed by atoms with E-state index in [0.29, 0.717) is 6.42 Å². The maximum Gasteiger partial charge on any atom is 0.307 e. The van der Waals surface area contributed by atoms with E-state index in [9.17, 15) is 19.8 Å². The van der Waals surface area contributed by atoms with Gasteiger partial charge in [0.05, 0.1) is 11.8 Å². The average Bonchev–Trinajstić information content (AvgIpc) is 3.74. The summed E-state index contributed by atoms with van der Waals surface area (Å²) in [6, 6.07) is 36.1. The number of nitrogens with zero attached hydrogens (tertiary/aromatic N) is 1. The van der Waals surface area contributed by atoms with E-state index < -0.39 is 46.7 Å². The van der Waals surface area contributed by atoms with Gasteiger partial charge in [0, 0.05) is 0 Å². The summed E-state index contributed by atoms with van der Waals surface area (Å²) in [7, 11) is 0. The Bertz CT molecular complexity index is 1850. The van der Waals surface area contributed by atoms with E-state index in [1.165, 1.54) is 5.06 Å². The first-order valence-corrected chi connectivity index (χ1v) is 14.9. The van der Waals surface area contributed by atoms with Crippen LogP contribution in [0, 0.1) is 35.5 Å². The smallest absolute Gasteiger partial charge is 0.307 e. The predicted molar refractivity (Wildman–Crippen MR) is 159 cm³/mol. The number of carbonyl (C=O) groups is 2. The Morgan fingerprint density at radius 1 is 0.558 bits per heavy atom. The van der Waals surface area contributed by atoms with Gasteiger partial charge in [-0.15, -0.1) is 10.3 Å². The molecule has 2 aliphatic heterocycles. The highest BCUT2D eigenvalue weighted by Gasteiger charge is 2.84. The zero-order valence-electron chi connectivity index (χ0n) is 23.1. The van der Waals surface area contributed by atoms with Gasteiger partial charge in [-0.3, -0.25) is 9.59 Å². The summed E-state index contributed by atoms with van der Waals surface area (Å²) >= 11 is 0. The summed E-state index contributed by atoms with van der Waals surface area (Å²) in [5.41, 5.74) is 1.16. The van der Waals surface area contributed by atoms with Crippen molar-refractivity contribution in [2.75, 3.05) is 0 Å². The van der Waals surface area contributed by atoms with E-state index in [0.717, 1.165) is 43.8 Å². The first kappa shape index (κ1) is 25.0.